The molecule has 150 valence electrons. The topological polar surface area (TPSA) is 96.7 Å². The van der Waals surface area contributed by atoms with E-state index in [4.69, 9.17) is 11.0 Å². The standard InChI is InChI=1S/C23H27N5O/c1-16-21(17(2)28(27-16)13-5-12-24)10-11-23(29)26-22(15-25)20-9-8-18-6-3-4-7-19(18)14-20/h3-4,6-9,14,22H,5,10-11,13,15,25H2,1-2H3,(H,26,29). The average Bonchev–Trinajstić information content (AvgIpc) is 3.01. The number of carbonyl (C=O) groups is 1. The summed E-state index contributed by atoms with van der Waals surface area (Å²) in [6.45, 7) is 4.85. The molecule has 0 fully saturated rings. The normalized spacial score (nSPS) is 11.9. The highest BCUT2D eigenvalue weighted by Crippen LogP contribution is 2.21. The Balaban J connectivity index is 1.64. The summed E-state index contributed by atoms with van der Waals surface area (Å²) in [7, 11) is 0. The molecule has 6 heteroatoms. The van der Waals surface area contributed by atoms with Crippen molar-refractivity contribution in [1.29, 1.82) is 5.26 Å². The Labute approximate surface area is 171 Å². The van der Waals surface area contributed by atoms with Crippen LogP contribution in [0.1, 0.15) is 41.4 Å². The van der Waals surface area contributed by atoms with Crippen LogP contribution in [0.2, 0.25) is 0 Å². The Morgan fingerprint density at radius 1 is 1.24 bits per heavy atom. The number of fused-ring (bicyclic) bond motifs is 1. The van der Waals surface area contributed by atoms with Crippen LogP contribution in [0.3, 0.4) is 0 Å². The third kappa shape index (κ3) is 4.82. The molecule has 1 aromatic heterocycles. The molecular weight excluding hydrogens is 362 g/mol. The lowest BCUT2D eigenvalue weighted by Gasteiger charge is -2.18. The number of aryl methyl sites for hydroxylation is 2. The van der Waals surface area contributed by atoms with E-state index in [1.165, 1.54) is 0 Å². The lowest BCUT2D eigenvalue weighted by atomic mass is 10.0. The van der Waals surface area contributed by atoms with Gasteiger partial charge in [0.05, 0.1) is 30.8 Å². The van der Waals surface area contributed by atoms with Crippen LogP contribution >= 0.6 is 0 Å². The second kappa shape index (κ2) is 9.35. The van der Waals surface area contributed by atoms with Crippen LogP contribution in [-0.2, 0) is 17.8 Å². The number of nitrogens with zero attached hydrogens (tertiary/aromatic N) is 3. The van der Waals surface area contributed by atoms with Crippen LogP contribution in [0.5, 0.6) is 0 Å². The van der Waals surface area contributed by atoms with Gasteiger partial charge in [-0.1, -0.05) is 36.4 Å². The number of carbonyl (C=O) groups excluding carboxylic acids is 1. The number of hydrogen-bond donors (Lipinski definition) is 2. The van der Waals surface area contributed by atoms with Gasteiger partial charge in [0, 0.05) is 18.7 Å². The Bertz CT molecular complexity index is 1050. The van der Waals surface area contributed by atoms with Crippen molar-refractivity contribution < 1.29 is 4.79 Å². The van der Waals surface area contributed by atoms with Crippen LogP contribution in [0, 0.1) is 25.2 Å². The SMILES string of the molecule is Cc1nn(CCC#N)c(C)c1CCC(=O)NC(CN)c1ccc2ccccc2c1. The summed E-state index contributed by atoms with van der Waals surface area (Å²) >= 11 is 0. The van der Waals surface area contributed by atoms with Gasteiger partial charge in [0.1, 0.15) is 0 Å². The zero-order chi connectivity index (χ0) is 20.8. The molecule has 29 heavy (non-hydrogen) atoms. The molecule has 0 aliphatic heterocycles. The van der Waals surface area contributed by atoms with Gasteiger partial charge in [-0.3, -0.25) is 9.48 Å². The number of benzene rings is 2. The van der Waals surface area contributed by atoms with E-state index in [9.17, 15) is 4.79 Å². The van der Waals surface area contributed by atoms with Crippen molar-refractivity contribution in [3.8, 4) is 6.07 Å². The van der Waals surface area contributed by atoms with E-state index in [2.05, 4.69) is 40.8 Å². The molecular formula is C23H27N5O. The van der Waals surface area contributed by atoms with E-state index in [1.54, 1.807) is 0 Å². The molecule has 2 aromatic carbocycles. The van der Waals surface area contributed by atoms with Gasteiger partial charge in [-0.2, -0.15) is 10.4 Å². The molecule has 0 saturated heterocycles. The molecule has 6 nitrogen and oxygen atoms in total. The van der Waals surface area contributed by atoms with Crippen LogP contribution in [0.15, 0.2) is 42.5 Å². The van der Waals surface area contributed by atoms with Gasteiger partial charge in [0.2, 0.25) is 5.91 Å². The van der Waals surface area contributed by atoms with E-state index in [1.807, 2.05) is 36.7 Å². The summed E-state index contributed by atoms with van der Waals surface area (Å²) in [5.74, 6) is -0.0304. The number of hydrogen-bond acceptors (Lipinski definition) is 4. The molecule has 3 aromatic rings. The molecule has 0 aliphatic carbocycles. The summed E-state index contributed by atoms with van der Waals surface area (Å²) < 4.78 is 1.85. The number of aromatic nitrogens is 2. The van der Waals surface area contributed by atoms with Gasteiger partial charge in [0.15, 0.2) is 0 Å². The van der Waals surface area contributed by atoms with Crippen molar-refractivity contribution in [3.63, 3.8) is 0 Å². The van der Waals surface area contributed by atoms with Crippen molar-refractivity contribution in [3.05, 3.63) is 65.0 Å². The first-order valence-corrected chi connectivity index (χ1v) is 9.91. The molecule has 0 bridgehead atoms. The zero-order valence-corrected chi connectivity index (χ0v) is 17.0. The lowest BCUT2D eigenvalue weighted by molar-refractivity contribution is -0.121. The highest BCUT2D eigenvalue weighted by Gasteiger charge is 2.16. The first-order valence-electron chi connectivity index (χ1n) is 9.91. The molecule has 3 rings (SSSR count). The van der Waals surface area contributed by atoms with Gasteiger partial charge < -0.3 is 11.1 Å². The number of nitrogens with two attached hydrogens (primary N) is 1. The minimum absolute atomic E-state index is 0.0304. The molecule has 1 atom stereocenters. The van der Waals surface area contributed by atoms with E-state index >= 15 is 0 Å². The number of nitrogens with one attached hydrogen (secondary N) is 1. The molecule has 0 aliphatic rings. The van der Waals surface area contributed by atoms with Crippen LogP contribution in [0.25, 0.3) is 10.8 Å². The van der Waals surface area contributed by atoms with Gasteiger partial charge in [-0.05, 0) is 48.2 Å². The minimum atomic E-state index is -0.215. The maximum atomic E-state index is 12.6. The van der Waals surface area contributed by atoms with Crippen molar-refractivity contribution >= 4 is 16.7 Å². The van der Waals surface area contributed by atoms with Gasteiger partial charge in [-0.15, -0.1) is 0 Å². The van der Waals surface area contributed by atoms with E-state index in [0.717, 1.165) is 33.3 Å². The molecule has 1 unspecified atom stereocenters. The molecule has 1 amide bonds. The van der Waals surface area contributed by atoms with E-state index in [-0.39, 0.29) is 11.9 Å². The molecule has 3 N–H and O–H groups in total. The summed E-state index contributed by atoms with van der Waals surface area (Å²) in [5, 5.41) is 18.6. The number of rotatable bonds is 8. The summed E-state index contributed by atoms with van der Waals surface area (Å²) in [6.07, 6.45) is 1.41. The summed E-state index contributed by atoms with van der Waals surface area (Å²) in [5.41, 5.74) is 9.97. The van der Waals surface area contributed by atoms with E-state index < -0.39 is 0 Å². The lowest BCUT2D eigenvalue weighted by Crippen LogP contribution is -2.33. The van der Waals surface area contributed by atoms with Crippen LogP contribution in [0.4, 0.5) is 0 Å². The Morgan fingerprint density at radius 3 is 2.72 bits per heavy atom. The predicted molar refractivity (Wildman–Crippen MR) is 114 cm³/mol. The fourth-order valence-corrected chi connectivity index (χ4v) is 3.68. The Morgan fingerprint density at radius 2 is 2.00 bits per heavy atom. The first-order chi connectivity index (χ1) is 14.0. The Kier molecular flexibility index (Phi) is 6.63. The first kappa shape index (κ1) is 20.6. The van der Waals surface area contributed by atoms with E-state index in [0.29, 0.717) is 32.4 Å². The highest BCUT2D eigenvalue weighted by atomic mass is 16.1. The number of amides is 1. The number of nitriles is 1. The fourth-order valence-electron chi connectivity index (χ4n) is 3.68. The van der Waals surface area contributed by atoms with Gasteiger partial charge in [-0.25, -0.2) is 0 Å². The van der Waals surface area contributed by atoms with Crippen molar-refractivity contribution in [1.82, 2.24) is 15.1 Å². The molecule has 0 spiro atoms. The molecule has 0 saturated carbocycles. The summed E-state index contributed by atoms with van der Waals surface area (Å²) in [4.78, 5) is 12.6. The Hall–Kier alpha value is -3.17. The maximum Gasteiger partial charge on any atom is 0.220 e. The second-order valence-corrected chi connectivity index (χ2v) is 7.24. The average molecular weight is 390 g/mol. The van der Waals surface area contributed by atoms with Crippen LogP contribution < -0.4 is 11.1 Å². The van der Waals surface area contributed by atoms with Gasteiger partial charge >= 0.3 is 0 Å². The zero-order valence-electron chi connectivity index (χ0n) is 17.0. The fraction of sp³-hybridized carbons (Fsp3) is 0.348. The summed E-state index contributed by atoms with van der Waals surface area (Å²) in [6, 6.07) is 16.2. The largest absolute Gasteiger partial charge is 0.348 e. The van der Waals surface area contributed by atoms with Crippen molar-refractivity contribution in [2.45, 2.75) is 45.7 Å². The maximum absolute atomic E-state index is 12.6. The second-order valence-electron chi connectivity index (χ2n) is 7.24. The minimum Gasteiger partial charge on any atom is -0.348 e. The van der Waals surface area contributed by atoms with Gasteiger partial charge in [0.25, 0.3) is 0 Å². The molecule has 1 heterocycles. The smallest absolute Gasteiger partial charge is 0.220 e. The highest BCUT2D eigenvalue weighted by molar-refractivity contribution is 5.83. The monoisotopic (exact) mass is 389 g/mol. The van der Waals surface area contributed by atoms with Crippen molar-refractivity contribution in [2.24, 2.45) is 5.73 Å². The molecule has 0 radical (unpaired) electrons. The van der Waals surface area contributed by atoms with Crippen molar-refractivity contribution in [2.75, 3.05) is 6.54 Å². The quantitative estimate of drug-likeness (QED) is 0.618. The van der Waals surface area contributed by atoms with Crippen LogP contribution in [-0.4, -0.2) is 22.2 Å². The third-order valence-corrected chi connectivity index (χ3v) is 5.32. The predicted octanol–water partition coefficient (Wildman–Crippen LogP) is 3.32. The third-order valence-electron chi connectivity index (χ3n) is 5.32.